The SMILES string of the molecule is CCCCCC(=O)N(C)CC(C)(C)CN.Cl. The summed E-state index contributed by atoms with van der Waals surface area (Å²) in [6.07, 6.45) is 3.97. The quantitative estimate of drug-likeness (QED) is 0.706. The van der Waals surface area contributed by atoms with Crippen molar-refractivity contribution in [3.05, 3.63) is 0 Å². The Hall–Kier alpha value is -0.280. The van der Waals surface area contributed by atoms with Crippen LogP contribution in [0, 0.1) is 5.41 Å². The van der Waals surface area contributed by atoms with Gasteiger partial charge in [-0.3, -0.25) is 4.79 Å². The molecule has 0 bridgehead atoms. The molecule has 0 saturated carbocycles. The Labute approximate surface area is 106 Å². The van der Waals surface area contributed by atoms with E-state index in [2.05, 4.69) is 20.8 Å². The molecule has 0 aromatic heterocycles. The van der Waals surface area contributed by atoms with E-state index in [1.54, 1.807) is 0 Å². The normalized spacial score (nSPS) is 10.8. The van der Waals surface area contributed by atoms with Crippen LogP contribution in [-0.2, 0) is 4.79 Å². The zero-order valence-electron chi connectivity index (χ0n) is 11.1. The highest BCUT2D eigenvalue weighted by Gasteiger charge is 2.20. The first-order valence-corrected chi connectivity index (χ1v) is 5.87. The third-order valence-corrected chi connectivity index (χ3v) is 2.64. The van der Waals surface area contributed by atoms with Crippen molar-refractivity contribution in [1.82, 2.24) is 4.90 Å². The minimum Gasteiger partial charge on any atom is -0.345 e. The fraction of sp³-hybridized carbons (Fsp3) is 0.917. The summed E-state index contributed by atoms with van der Waals surface area (Å²) < 4.78 is 0. The molecule has 98 valence electrons. The summed E-state index contributed by atoms with van der Waals surface area (Å²) in [5.74, 6) is 0.241. The number of hydrogen-bond donors (Lipinski definition) is 1. The number of carbonyl (C=O) groups is 1. The molecule has 0 aliphatic rings. The van der Waals surface area contributed by atoms with E-state index in [0.29, 0.717) is 13.0 Å². The molecule has 16 heavy (non-hydrogen) atoms. The van der Waals surface area contributed by atoms with Crippen LogP contribution in [0.15, 0.2) is 0 Å². The Morgan fingerprint density at radius 2 is 1.88 bits per heavy atom. The molecular weight excluding hydrogens is 224 g/mol. The van der Waals surface area contributed by atoms with Gasteiger partial charge in [-0.05, 0) is 18.4 Å². The molecule has 0 radical (unpaired) electrons. The Bertz CT molecular complexity index is 195. The van der Waals surface area contributed by atoms with E-state index in [1.807, 2.05) is 11.9 Å². The topological polar surface area (TPSA) is 46.3 Å². The number of rotatable bonds is 7. The van der Waals surface area contributed by atoms with E-state index >= 15 is 0 Å². The fourth-order valence-electron chi connectivity index (χ4n) is 1.51. The van der Waals surface area contributed by atoms with Gasteiger partial charge >= 0.3 is 0 Å². The van der Waals surface area contributed by atoms with Crippen molar-refractivity contribution in [2.75, 3.05) is 20.1 Å². The lowest BCUT2D eigenvalue weighted by atomic mass is 9.93. The number of hydrogen-bond acceptors (Lipinski definition) is 2. The molecule has 4 heteroatoms. The summed E-state index contributed by atoms with van der Waals surface area (Å²) >= 11 is 0. The molecular formula is C12H27ClN2O. The minimum atomic E-state index is 0. The second kappa shape index (κ2) is 8.82. The first-order valence-electron chi connectivity index (χ1n) is 5.87. The lowest BCUT2D eigenvalue weighted by Gasteiger charge is -2.29. The number of nitrogens with two attached hydrogens (primary N) is 1. The van der Waals surface area contributed by atoms with Gasteiger partial charge in [-0.1, -0.05) is 33.6 Å². The Morgan fingerprint density at radius 1 is 1.31 bits per heavy atom. The van der Waals surface area contributed by atoms with Crippen LogP contribution in [0.2, 0.25) is 0 Å². The van der Waals surface area contributed by atoms with E-state index in [4.69, 9.17) is 5.73 Å². The summed E-state index contributed by atoms with van der Waals surface area (Å²) in [6, 6.07) is 0. The molecule has 0 aliphatic heterocycles. The monoisotopic (exact) mass is 250 g/mol. The number of amides is 1. The Morgan fingerprint density at radius 3 is 2.31 bits per heavy atom. The molecule has 1 amide bonds. The molecule has 0 fully saturated rings. The molecule has 0 aromatic carbocycles. The smallest absolute Gasteiger partial charge is 0.222 e. The van der Waals surface area contributed by atoms with Crippen LogP contribution < -0.4 is 5.73 Å². The first-order chi connectivity index (χ1) is 6.93. The van der Waals surface area contributed by atoms with Crippen molar-refractivity contribution in [2.24, 2.45) is 11.1 Å². The van der Waals surface area contributed by atoms with Crippen LogP contribution >= 0.6 is 12.4 Å². The molecule has 0 heterocycles. The van der Waals surface area contributed by atoms with Crippen LogP contribution in [0.1, 0.15) is 46.5 Å². The van der Waals surface area contributed by atoms with Crippen molar-refractivity contribution in [1.29, 1.82) is 0 Å². The molecule has 0 unspecified atom stereocenters. The summed E-state index contributed by atoms with van der Waals surface area (Å²) in [5, 5.41) is 0. The fourth-order valence-corrected chi connectivity index (χ4v) is 1.51. The summed E-state index contributed by atoms with van der Waals surface area (Å²) in [4.78, 5) is 13.5. The van der Waals surface area contributed by atoms with Gasteiger partial charge in [0.1, 0.15) is 0 Å². The summed E-state index contributed by atoms with van der Waals surface area (Å²) in [7, 11) is 1.87. The van der Waals surface area contributed by atoms with Gasteiger partial charge in [0.25, 0.3) is 0 Å². The van der Waals surface area contributed by atoms with Gasteiger partial charge in [-0.2, -0.15) is 0 Å². The number of nitrogens with zero attached hydrogens (tertiary/aromatic N) is 1. The van der Waals surface area contributed by atoms with Crippen molar-refractivity contribution < 1.29 is 4.79 Å². The number of unbranched alkanes of at least 4 members (excludes halogenated alkanes) is 2. The van der Waals surface area contributed by atoms with Crippen molar-refractivity contribution >= 4 is 18.3 Å². The van der Waals surface area contributed by atoms with Gasteiger partial charge in [0.05, 0.1) is 0 Å². The molecule has 0 atom stereocenters. The van der Waals surface area contributed by atoms with Gasteiger partial charge in [0.15, 0.2) is 0 Å². The van der Waals surface area contributed by atoms with Gasteiger partial charge in [0.2, 0.25) is 5.91 Å². The van der Waals surface area contributed by atoms with E-state index < -0.39 is 0 Å². The maximum atomic E-state index is 11.7. The van der Waals surface area contributed by atoms with Crippen LogP contribution in [0.5, 0.6) is 0 Å². The largest absolute Gasteiger partial charge is 0.345 e. The zero-order chi connectivity index (χ0) is 11.9. The number of halogens is 1. The zero-order valence-corrected chi connectivity index (χ0v) is 11.9. The van der Waals surface area contributed by atoms with Crippen LogP contribution in [-0.4, -0.2) is 30.9 Å². The highest BCUT2D eigenvalue weighted by atomic mass is 35.5. The average molecular weight is 251 g/mol. The van der Waals surface area contributed by atoms with E-state index in [-0.39, 0.29) is 23.7 Å². The average Bonchev–Trinajstić information content (AvgIpc) is 2.17. The van der Waals surface area contributed by atoms with Gasteiger partial charge in [-0.25, -0.2) is 0 Å². The molecule has 0 saturated heterocycles. The summed E-state index contributed by atoms with van der Waals surface area (Å²) in [6.45, 7) is 7.67. The second-order valence-electron chi connectivity index (χ2n) is 5.08. The van der Waals surface area contributed by atoms with Gasteiger partial charge in [-0.15, -0.1) is 12.4 Å². The second-order valence-corrected chi connectivity index (χ2v) is 5.08. The lowest BCUT2D eigenvalue weighted by Crippen LogP contribution is -2.39. The highest BCUT2D eigenvalue weighted by molar-refractivity contribution is 5.85. The maximum absolute atomic E-state index is 11.7. The van der Waals surface area contributed by atoms with E-state index in [1.165, 1.54) is 0 Å². The van der Waals surface area contributed by atoms with Crippen LogP contribution in [0.25, 0.3) is 0 Å². The molecule has 0 aliphatic carbocycles. The molecule has 0 rings (SSSR count). The maximum Gasteiger partial charge on any atom is 0.222 e. The van der Waals surface area contributed by atoms with Gasteiger partial charge < -0.3 is 10.6 Å². The third-order valence-electron chi connectivity index (χ3n) is 2.64. The van der Waals surface area contributed by atoms with Crippen molar-refractivity contribution in [2.45, 2.75) is 46.5 Å². The highest BCUT2D eigenvalue weighted by Crippen LogP contribution is 2.14. The van der Waals surface area contributed by atoms with Crippen LogP contribution in [0.3, 0.4) is 0 Å². The Balaban J connectivity index is 0. The Kier molecular flexibility index (Phi) is 9.98. The number of carbonyl (C=O) groups excluding carboxylic acids is 1. The summed E-state index contributed by atoms with van der Waals surface area (Å²) in [5.41, 5.74) is 5.66. The molecule has 3 nitrogen and oxygen atoms in total. The van der Waals surface area contributed by atoms with E-state index in [0.717, 1.165) is 25.8 Å². The predicted octanol–water partition coefficient (Wildman–Crippen LogP) is 2.43. The van der Waals surface area contributed by atoms with Crippen molar-refractivity contribution in [3.8, 4) is 0 Å². The van der Waals surface area contributed by atoms with E-state index in [9.17, 15) is 4.79 Å². The molecule has 2 N–H and O–H groups in total. The van der Waals surface area contributed by atoms with Crippen molar-refractivity contribution in [3.63, 3.8) is 0 Å². The third kappa shape index (κ3) is 7.94. The lowest BCUT2D eigenvalue weighted by molar-refractivity contribution is -0.131. The molecule has 0 spiro atoms. The van der Waals surface area contributed by atoms with Crippen LogP contribution in [0.4, 0.5) is 0 Å². The van der Waals surface area contributed by atoms with Gasteiger partial charge in [0, 0.05) is 20.0 Å². The minimum absolute atomic E-state index is 0. The molecule has 0 aromatic rings. The predicted molar refractivity (Wildman–Crippen MR) is 71.9 cm³/mol. The first kappa shape index (κ1) is 18.1. The standard InChI is InChI=1S/C12H26N2O.ClH/c1-5-6-7-8-11(15)14(4)10-12(2,3)9-13;/h5-10,13H2,1-4H3;1H.